The van der Waals surface area contributed by atoms with Crippen molar-refractivity contribution in [3.05, 3.63) is 57.0 Å². The van der Waals surface area contributed by atoms with Crippen LogP contribution in [0.3, 0.4) is 0 Å². The van der Waals surface area contributed by atoms with Crippen molar-refractivity contribution in [2.24, 2.45) is 0 Å². The zero-order valence-electron chi connectivity index (χ0n) is 11.9. The smallest absolute Gasteiger partial charge is 0.224 e. The van der Waals surface area contributed by atoms with Crippen LogP contribution in [0.2, 0.25) is 4.34 Å². The molecular formula is C16H16ClFN2OS. The van der Waals surface area contributed by atoms with Crippen LogP contribution >= 0.6 is 22.9 Å². The van der Waals surface area contributed by atoms with Crippen LogP contribution in [0.15, 0.2) is 36.4 Å². The Morgan fingerprint density at radius 3 is 2.95 bits per heavy atom. The SMILES string of the molecule is O=C1CC(NCc2ccc(Cl)s2)CN1Cc1cccc(F)c1. The number of carbonyl (C=O) groups is 1. The van der Waals surface area contributed by atoms with Gasteiger partial charge >= 0.3 is 0 Å². The number of amides is 1. The second-order valence-corrected chi connectivity index (χ2v) is 7.19. The molecule has 1 atom stereocenters. The van der Waals surface area contributed by atoms with Crippen molar-refractivity contribution in [3.63, 3.8) is 0 Å². The Balaban J connectivity index is 1.54. The molecule has 1 saturated heterocycles. The Kier molecular flexibility index (Phi) is 4.76. The number of carbonyl (C=O) groups excluding carboxylic acids is 1. The minimum Gasteiger partial charge on any atom is -0.337 e. The summed E-state index contributed by atoms with van der Waals surface area (Å²) in [7, 11) is 0. The number of likely N-dealkylation sites (tertiary alicyclic amines) is 1. The Hall–Kier alpha value is -1.43. The molecule has 1 unspecified atom stereocenters. The van der Waals surface area contributed by atoms with Crippen molar-refractivity contribution in [2.45, 2.75) is 25.6 Å². The van der Waals surface area contributed by atoms with Gasteiger partial charge in [-0.3, -0.25) is 4.79 Å². The summed E-state index contributed by atoms with van der Waals surface area (Å²) in [5, 5.41) is 3.38. The number of thiophene rings is 1. The zero-order chi connectivity index (χ0) is 15.5. The zero-order valence-corrected chi connectivity index (χ0v) is 13.5. The summed E-state index contributed by atoms with van der Waals surface area (Å²) < 4.78 is 14.0. The molecule has 1 amide bonds. The second-order valence-electron chi connectivity index (χ2n) is 5.39. The van der Waals surface area contributed by atoms with Crippen LogP contribution in [0.4, 0.5) is 4.39 Å². The summed E-state index contributed by atoms with van der Waals surface area (Å²) in [6, 6.07) is 10.4. The van der Waals surface area contributed by atoms with E-state index >= 15 is 0 Å². The Labute approximate surface area is 137 Å². The van der Waals surface area contributed by atoms with Crippen LogP contribution in [0, 0.1) is 5.82 Å². The molecule has 1 aromatic carbocycles. The van der Waals surface area contributed by atoms with E-state index in [1.54, 1.807) is 11.0 Å². The van der Waals surface area contributed by atoms with Crippen LogP contribution in [0.1, 0.15) is 16.9 Å². The highest BCUT2D eigenvalue weighted by molar-refractivity contribution is 7.16. The molecule has 0 spiro atoms. The quantitative estimate of drug-likeness (QED) is 0.905. The number of hydrogen-bond acceptors (Lipinski definition) is 3. The first kappa shape index (κ1) is 15.5. The minimum atomic E-state index is -0.270. The van der Waals surface area contributed by atoms with E-state index in [9.17, 15) is 9.18 Å². The first-order valence-electron chi connectivity index (χ1n) is 7.10. The number of halogens is 2. The van der Waals surface area contributed by atoms with Crippen LogP contribution in [-0.2, 0) is 17.9 Å². The summed E-state index contributed by atoms with van der Waals surface area (Å²) in [4.78, 5) is 15.0. The van der Waals surface area contributed by atoms with E-state index in [1.165, 1.54) is 23.5 Å². The molecule has 1 fully saturated rings. The molecular weight excluding hydrogens is 323 g/mol. The second kappa shape index (κ2) is 6.77. The maximum absolute atomic E-state index is 13.2. The van der Waals surface area contributed by atoms with Gasteiger partial charge in [-0.1, -0.05) is 23.7 Å². The van der Waals surface area contributed by atoms with E-state index < -0.39 is 0 Å². The van der Waals surface area contributed by atoms with Gasteiger partial charge in [0.15, 0.2) is 0 Å². The summed E-state index contributed by atoms with van der Waals surface area (Å²) in [5.41, 5.74) is 0.819. The van der Waals surface area contributed by atoms with Crippen LogP contribution in [-0.4, -0.2) is 23.4 Å². The highest BCUT2D eigenvalue weighted by atomic mass is 35.5. The van der Waals surface area contributed by atoms with E-state index in [-0.39, 0.29) is 17.8 Å². The first-order valence-corrected chi connectivity index (χ1v) is 8.29. The predicted molar refractivity (Wildman–Crippen MR) is 86.4 cm³/mol. The molecule has 1 aliphatic heterocycles. The Morgan fingerprint density at radius 1 is 1.36 bits per heavy atom. The van der Waals surface area contributed by atoms with Crippen molar-refractivity contribution in [1.29, 1.82) is 0 Å². The highest BCUT2D eigenvalue weighted by Crippen LogP contribution is 2.22. The maximum Gasteiger partial charge on any atom is 0.224 e. The third-order valence-corrected chi connectivity index (χ3v) is 4.90. The minimum absolute atomic E-state index is 0.103. The standard InChI is InChI=1S/C16H16ClFN2OS/c17-15-5-4-14(22-15)8-19-13-7-16(21)20(10-13)9-11-2-1-3-12(18)6-11/h1-6,13,19H,7-10H2. The first-order chi connectivity index (χ1) is 10.6. The van der Waals surface area contributed by atoms with Gasteiger partial charge in [0, 0.05) is 37.0 Å². The third-order valence-electron chi connectivity index (χ3n) is 3.67. The molecule has 0 saturated carbocycles. The lowest BCUT2D eigenvalue weighted by atomic mass is 10.2. The number of benzene rings is 1. The molecule has 116 valence electrons. The summed E-state index contributed by atoms with van der Waals surface area (Å²) in [6.07, 6.45) is 0.481. The van der Waals surface area contributed by atoms with E-state index in [0.717, 1.165) is 14.8 Å². The number of nitrogens with zero attached hydrogens (tertiary/aromatic N) is 1. The fourth-order valence-electron chi connectivity index (χ4n) is 2.61. The van der Waals surface area contributed by atoms with Crippen LogP contribution < -0.4 is 5.32 Å². The lowest BCUT2D eigenvalue weighted by Gasteiger charge is -2.17. The summed E-state index contributed by atoms with van der Waals surface area (Å²) in [5.74, 6) is -0.167. The highest BCUT2D eigenvalue weighted by Gasteiger charge is 2.29. The van der Waals surface area contributed by atoms with Gasteiger partial charge in [-0.2, -0.15) is 0 Å². The van der Waals surface area contributed by atoms with E-state index in [0.29, 0.717) is 26.1 Å². The fourth-order valence-corrected chi connectivity index (χ4v) is 3.65. The third kappa shape index (κ3) is 3.85. The van der Waals surface area contributed by atoms with Crippen molar-refractivity contribution in [1.82, 2.24) is 10.2 Å². The van der Waals surface area contributed by atoms with Gasteiger partial charge in [-0.25, -0.2) is 4.39 Å². The van der Waals surface area contributed by atoms with Crippen molar-refractivity contribution in [3.8, 4) is 0 Å². The van der Waals surface area contributed by atoms with Crippen LogP contribution in [0.25, 0.3) is 0 Å². The van der Waals surface area contributed by atoms with Gasteiger partial charge in [0.1, 0.15) is 5.82 Å². The van der Waals surface area contributed by atoms with Gasteiger partial charge < -0.3 is 10.2 Å². The van der Waals surface area contributed by atoms with Crippen molar-refractivity contribution < 1.29 is 9.18 Å². The van der Waals surface area contributed by atoms with Crippen molar-refractivity contribution >= 4 is 28.8 Å². The van der Waals surface area contributed by atoms with Crippen LogP contribution in [0.5, 0.6) is 0 Å². The van der Waals surface area contributed by atoms with E-state index in [4.69, 9.17) is 11.6 Å². The molecule has 0 bridgehead atoms. The molecule has 2 heterocycles. The molecule has 1 N–H and O–H groups in total. The molecule has 0 radical (unpaired) electrons. The van der Waals surface area contributed by atoms with Gasteiger partial charge in [0.2, 0.25) is 5.91 Å². The average Bonchev–Trinajstić information content (AvgIpc) is 3.03. The lowest BCUT2D eigenvalue weighted by molar-refractivity contribution is -0.128. The number of nitrogens with one attached hydrogen (secondary N) is 1. The van der Waals surface area contributed by atoms with Gasteiger partial charge in [0.25, 0.3) is 0 Å². The largest absolute Gasteiger partial charge is 0.337 e. The van der Waals surface area contributed by atoms with Crippen molar-refractivity contribution in [2.75, 3.05) is 6.54 Å². The summed E-state index contributed by atoms with van der Waals surface area (Å²) in [6.45, 7) is 1.82. The molecule has 3 nitrogen and oxygen atoms in total. The Bertz CT molecular complexity index is 676. The number of rotatable bonds is 5. The topological polar surface area (TPSA) is 32.3 Å². The fraction of sp³-hybridized carbons (Fsp3) is 0.312. The van der Waals surface area contributed by atoms with E-state index in [1.807, 2.05) is 18.2 Å². The molecule has 2 aromatic rings. The molecule has 1 aromatic heterocycles. The molecule has 6 heteroatoms. The van der Waals surface area contributed by atoms with E-state index in [2.05, 4.69) is 5.32 Å². The van der Waals surface area contributed by atoms with Gasteiger partial charge in [-0.05, 0) is 29.8 Å². The lowest BCUT2D eigenvalue weighted by Crippen LogP contribution is -2.32. The van der Waals surface area contributed by atoms with Gasteiger partial charge in [0.05, 0.1) is 4.34 Å². The Morgan fingerprint density at radius 2 is 2.23 bits per heavy atom. The molecule has 3 rings (SSSR count). The average molecular weight is 339 g/mol. The molecule has 0 aliphatic carbocycles. The predicted octanol–water partition coefficient (Wildman–Crippen LogP) is 3.43. The molecule has 1 aliphatic rings. The maximum atomic E-state index is 13.2. The monoisotopic (exact) mass is 338 g/mol. The van der Waals surface area contributed by atoms with Gasteiger partial charge in [-0.15, -0.1) is 11.3 Å². The number of hydrogen-bond donors (Lipinski definition) is 1. The molecule has 22 heavy (non-hydrogen) atoms. The summed E-state index contributed by atoms with van der Waals surface area (Å²) >= 11 is 7.44. The normalized spacial score (nSPS) is 18.2.